The SMILES string of the molecule is CCCCCCCCCc1cnc(-c2ccc(OCCC(C)Cl)cc2)nc1. The van der Waals surface area contributed by atoms with Crippen LogP contribution < -0.4 is 4.74 Å². The van der Waals surface area contributed by atoms with Crippen molar-refractivity contribution in [2.75, 3.05) is 6.61 Å². The smallest absolute Gasteiger partial charge is 0.159 e. The molecule has 3 nitrogen and oxygen atoms in total. The van der Waals surface area contributed by atoms with E-state index in [4.69, 9.17) is 16.3 Å². The molecule has 0 aliphatic rings. The van der Waals surface area contributed by atoms with Crippen molar-refractivity contribution in [3.05, 3.63) is 42.2 Å². The third-order valence-corrected chi connectivity index (χ3v) is 4.89. The van der Waals surface area contributed by atoms with Gasteiger partial charge in [-0.05, 0) is 56.0 Å². The van der Waals surface area contributed by atoms with Gasteiger partial charge >= 0.3 is 0 Å². The van der Waals surface area contributed by atoms with E-state index in [0.717, 1.165) is 30.0 Å². The zero-order chi connectivity index (χ0) is 19.3. The molecule has 2 rings (SSSR count). The monoisotopic (exact) mass is 388 g/mol. The highest BCUT2D eigenvalue weighted by molar-refractivity contribution is 6.20. The largest absolute Gasteiger partial charge is 0.494 e. The van der Waals surface area contributed by atoms with Crippen LogP contribution in [-0.2, 0) is 6.42 Å². The topological polar surface area (TPSA) is 35.0 Å². The Kier molecular flexibility index (Phi) is 10.2. The van der Waals surface area contributed by atoms with Crippen LogP contribution in [0.1, 0.15) is 70.8 Å². The van der Waals surface area contributed by atoms with E-state index in [1.165, 1.54) is 50.5 Å². The predicted molar refractivity (Wildman–Crippen MR) is 115 cm³/mol. The standard InChI is InChI=1S/C23H33ClN2O/c1-3-4-5-6-7-8-9-10-20-17-25-23(26-18-20)21-11-13-22(14-12-21)27-16-15-19(2)24/h11-14,17-19H,3-10,15-16H2,1-2H3. The molecule has 0 saturated heterocycles. The molecule has 0 radical (unpaired) electrons. The van der Waals surface area contributed by atoms with Crippen LogP contribution in [0.2, 0.25) is 0 Å². The van der Waals surface area contributed by atoms with Crippen LogP contribution in [0.4, 0.5) is 0 Å². The molecule has 0 amide bonds. The number of rotatable bonds is 13. The van der Waals surface area contributed by atoms with E-state index in [1.54, 1.807) is 0 Å². The van der Waals surface area contributed by atoms with Gasteiger partial charge in [0.05, 0.1) is 6.61 Å². The van der Waals surface area contributed by atoms with Crippen molar-refractivity contribution in [1.29, 1.82) is 0 Å². The van der Waals surface area contributed by atoms with Gasteiger partial charge in [-0.15, -0.1) is 11.6 Å². The molecule has 1 unspecified atom stereocenters. The van der Waals surface area contributed by atoms with Gasteiger partial charge in [0, 0.05) is 23.3 Å². The van der Waals surface area contributed by atoms with Crippen LogP contribution in [0.5, 0.6) is 5.75 Å². The molecule has 0 saturated carbocycles. The van der Waals surface area contributed by atoms with Gasteiger partial charge in [0.2, 0.25) is 0 Å². The summed E-state index contributed by atoms with van der Waals surface area (Å²) in [5.74, 6) is 1.62. The maximum atomic E-state index is 5.93. The minimum atomic E-state index is 0.136. The van der Waals surface area contributed by atoms with Crippen LogP contribution in [0.15, 0.2) is 36.7 Å². The Labute approximate surface area is 169 Å². The van der Waals surface area contributed by atoms with Crippen LogP contribution in [-0.4, -0.2) is 22.0 Å². The van der Waals surface area contributed by atoms with Gasteiger partial charge in [0.1, 0.15) is 5.75 Å². The molecule has 2 aromatic rings. The number of nitrogens with zero attached hydrogens (tertiary/aromatic N) is 2. The molecule has 0 aliphatic heterocycles. The summed E-state index contributed by atoms with van der Waals surface area (Å²) >= 11 is 5.93. The van der Waals surface area contributed by atoms with Gasteiger partial charge in [-0.25, -0.2) is 9.97 Å². The molecule has 0 bridgehead atoms. The fourth-order valence-electron chi connectivity index (χ4n) is 2.96. The number of aryl methyl sites for hydroxylation is 1. The zero-order valence-electron chi connectivity index (χ0n) is 16.8. The summed E-state index contributed by atoms with van der Waals surface area (Å²) in [6, 6.07) is 7.93. The van der Waals surface area contributed by atoms with Gasteiger partial charge in [-0.1, -0.05) is 45.4 Å². The van der Waals surface area contributed by atoms with Crippen molar-refractivity contribution in [1.82, 2.24) is 9.97 Å². The van der Waals surface area contributed by atoms with Gasteiger partial charge in [0.25, 0.3) is 0 Å². The second-order valence-corrected chi connectivity index (χ2v) is 7.97. The van der Waals surface area contributed by atoms with E-state index in [0.29, 0.717) is 6.61 Å². The van der Waals surface area contributed by atoms with Crippen LogP contribution in [0, 0.1) is 0 Å². The van der Waals surface area contributed by atoms with Crippen molar-refractivity contribution >= 4 is 11.6 Å². The van der Waals surface area contributed by atoms with Crippen molar-refractivity contribution in [2.24, 2.45) is 0 Å². The molecular weight excluding hydrogens is 356 g/mol. The maximum Gasteiger partial charge on any atom is 0.159 e. The highest BCUT2D eigenvalue weighted by atomic mass is 35.5. The third kappa shape index (κ3) is 8.75. The average Bonchev–Trinajstić information content (AvgIpc) is 2.68. The lowest BCUT2D eigenvalue weighted by molar-refractivity contribution is 0.310. The molecule has 4 heteroatoms. The normalized spacial score (nSPS) is 12.1. The summed E-state index contributed by atoms with van der Waals surface area (Å²) in [6.45, 7) is 4.87. The first-order valence-corrected chi connectivity index (χ1v) is 10.8. The van der Waals surface area contributed by atoms with Gasteiger partial charge in [-0.2, -0.15) is 0 Å². The predicted octanol–water partition coefficient (Wildman–Crippen LogP) is 6.83. The summed E-state index contributed by atoms with van der Waals surface area (Å²) < 4.78 is 5.69. The van der Waals surface area contributed by atoms with E-state index in [-0.39, 0.29) is 5.38 Å². The zero-order valence-corrected chi connectivity index (χ0v) is 17.5. The summed E-state index contributed by atoms with van der Waals surface area (Å²) in [5, 5.41) is 0.136. The lowest BCUT2D eigenvalue weighted by Gasteiger charge is -2.08. The van der Waals surface area contributed by atoms with E-state index in [2.05, 4.69) is 16.9 Å². The molecule has 1 aromatic heterocycles. The van der Waals surface area contributed by atoms with Gasteiger partial charge in [0.15, 0.2) is 5.82 Å². The third-order valence-electron chi connectivity index (χ3n) is 4.67. The molecule has 27 heavy (non-hydrogen) atoms. The minimum absolute atomic E-state index is 0.136. The summed E-state index contributed by atoms with van der Waals surface area (Å²) in [4.78, 5) is 9.07. The van der Waals surface area contributed by atoms with Crippen molar-refractivity contribution < 1.29 is 4.74 Å². The Morgan fingerprint density at radius 1 is 0.926 bits per heavy atom. The van der Waals surface area contributed by atoms with Crippen LogP contribution >= 0.6 is 11.6 Å². The first-order chi connectivity index (χ1) is 13.2. The minimum Gasteiger partial charge on any atom is -0.494 e. The Bertz CT molecular complexity index is 626. The highest BCUT2D eigenvalue weighted by Gasteiger charge is 2.03. The molecule has 0 aliphatic carbocycles. The Hall–Kier alpha value is -1.61. The second kappa shape index (κ2) is 12.7. The Morgan fingerprint density at radius 3 is 2.19 bits per heavy atom. The lowest BCUT2D eigenvalue weighted by atomic mass is 10.1. The number of hydrogen-bond acceptors (Lipinski definition) is 3. The summed E-state index contributed by atoms with van der Waals surface area (Å²) in [6.07, 6.45) is 15.1. The van der Waals surface area contributed by atoms with Gasteiger partial charge < -0.3 is 4.74 Å². The molecule has 0 spiro atoms. The number of hydrogen-bond donors (Lipinski definition) is 0. The summed E-state index contributed by atoms with van der Waals surface area (Å²) in [5.41, 5.74) is 2.23. The number of alkyl halides is 1. The van der Waals surface area contributed by atoms with Crippen molar-refractivity contribution in [3.63, 3.8) is 0 Å². The number of aromatic nitrogens is 2. The van der Waals surface area contributed by atoms with Crippen LogP contribution in [0.25, 0.3) is 11.4 Å². The average molecular weight is 389 g/mol. The molecular formula is C23H33ClN2O. The molecule has 1 atom stereocenters. The molecule has 0 fully saturated rings. The second-order valence-electron chi connectivity index (χ2n) is 7.23. The van der Waals surface area contributed by atoms with E-state index >= 15 is 0 Å². The number of halogens is 1. The van der Waals surface area contributed by atoms with Crippen molar-refractivity contribution in [2.45, 2.75) is 77.0 Å². The van der Waals surface area contributed by atoms with E-state index in [9.17, 15) is 0 Å². The molecule has 1 heterocycles. The van der Waals surface area contributed by atoms with Gasteiger partial charge in [-0.3, -0.25) is 0 Å². The van der Waals surface area contributed by atoms with Crippen LogP contribution in [0.3, 0.4) is 0 Å². The molecule has 1 aromatic carbocycles. The molecule has 148 valence electrons. The first kappa shape index (κ1) is 21.7. The molecule has 0 N–H and O–H groups in total. The lowest BCUT2D eigenvalue weighted by Crippen LogP contribution is -2.03. The maximum absolute atomic E-state index is 5.93. The Balaban J connectivity index is 1.74. The number of ether oxygens (including phenoxy) is 1. The number of benzene rings is 1. The number of unbranched alkanes of at least 4 members (excludes halogenated alkanes) is 6. The van der Waals surface area contributed by atoms with E-state index < -0.39 is 0 Å². The van der Waals surface area contributed by atoms with Crippen molar-refractivity contribution in [3.8, 4) is 17.1 Å². The fraction of sp³-hybridized carbons (Fsp3) is 0.565. The Morgan fingerprint density at radius 2 is 1.56 bits per heavy atom. The van der Waals surface area contributed by atoms with E-state index in [1.807, 2.05) is 43.6 Å². The summed E-state index contributed by atoms with van der Waals surface area (Å²) in [7, 11) is 0. The fourth-order valence-corrected chi connectivity index (χ4v) is 3.05. The first-order valence-electron chi connectivity index (χ1n) is 10.4. The quantitative estimate of drug-likeness (QED) is 0.278. The highest BCUT2D eigenvalue weighted by Crippen LogP contribution is 2.20.